The molecule has 4 N–H and O–H groups in total. The third-order valence-corrected chi connectivity index (χ3v) is 11.4. The van der Waals surface area contributed by atoms with Crippen molar-refractivity contribution in [1.82, 2.24) is 0 Å². The van der Waals surface area contributed by atoms with Gasteiger partial charge in [0.05, 0.1) is 31.0 Å². The van der Waals surface area contributed by atoms with Gasteiger partial charge in [-0.15, -0.1) is 0 Å². The van der Waals surface area contributed by atoms with Crippen molar-refractivity contribution in [3.63, 3.8) is 0 Å². The Bertz CT molecular complexity index is 874. The van der Waals surface area contributed by atoms with Crippen molar-refractivity contribution < 1.29 is 29.9 Å². The molecule has 0 bridgehead atoms. The second kappa shape index (κ2) is 7.14. The molecule has 0 radical (unpaired) electrons. The molecule has 5 fully saturated rings. The van der Waals surface area contributed by atoms with Gasteiger partial charge >= 0.3 is 0 Å². The zero-order valence-corrected chi connectivity index (χ0v) is 20.1. The largest absolute Gasteiger partial charge is 0.393 e. The van der Waals surface area contributed by atoms with Gasteiger partial charge in [0.15, 0.2) is 5.79 Å². The number of hydrogen-bond donors (Lipinski definition) is 4. The summed E-state index contributed by atoms with van der Waals surface area (Å²) in [7, 11) is 0. The predicted octanol–water partition coefficient (Wildman–Crippen LogP) is 2.55. The van der Waals surface area contributed by atoms with E-state index in [-0.39, 0.29) is 35.2 Å². The molecule has 6 nitrogen and oxygen atoms in total. The van der Waals surface area contributed by atoms with E-state index in [1.165, 1.54) is 0 Å². The summed E-state index contributed by atoms with van der Waals surface area (Å²) in [5, 5.41) is 43.7. The van der Waals surface area contributed by atoms with Gasteiger partial charge in [-0.05, 0) is 49.9 Å². The van der Waals surface area contributed by atoms with Crippen LogP contribution < -0.4 is 0 Å². The lowest BCUT2D eigenvalue weighted by molar-refractivity contribution is -0.257. The SMILES string of the molecule is C=C1CC[C@@]2(OC1)OC1C[C@H]3[C@@H]4CC=C5C[C@@H](O)[C@H](O)[C@@H](O)[C@]5(C)[C@H]4C[C@@H](O)[C@]3(C)C1C2C. The standard InChI is InChI=1S/C27H40O6/c1-13-7-8-27(32-12-13)14(2)22-20(33-27)10-17-16-6-5-15-9-19(28)23(30)24(31)25(15,3)18(16)11-21(29)26(17,22)4/h5,14,16-24,28-31H,1,6-12H2,2-4H3/t14?,16-,17-,18-,19+,20?,21+,22?,23-,24+,25-,26+,27+/m0/s1. The molecule has 184 valence electrons. The summed E-state index contributed by atoms with van der Waals surface area (Å²) >= 11 is 0. The molecule has 1 spiro atoms. The Morgan fingerprint density at radius 2 is 1.85 bits per heavy atom. The number of hydrogen-bond acceptors (Lipinski definition) is 6. The van der Waals surface area contributed by atoms with Crippen LogP contribution in [0.4, 0.5) is 0 Å². The van der Waals surface area contributed by atoms with Crippen molar-refractivity contribution in [2.75, 3.05) is 6.61 Å². The zero-order chi connectivity index (χ0) is 23.5. The lowest BCUT2D eigenvalue weighted by Gasteiger charge is -2.61. The molecule has 0 aromatic heterocycles. The molecule has 4 aliphatic carbocycles. The highest BCUT2D eigenvalue weighted by atomic mass is 16.7. The second-order valence-corrected chi connectivity index (χ2v) is 12.5. The summed E-state index contributed by atoms with van der Waals surface area (Å²) in [6.07, 6.45) is 3.21. The molecule has 6 aliphatic rings. The van der Waals surface area contributed by atoms with Crippen LogP contribution >= 0.6 is 0 Å². The minimum absolute atomic E-state index is 0.0663. The lowest BCUT2D eigenvalue weighted by atomic mass is 9.45. The van der Waals surface area contributed by atoms with Gasteiger partial charge in [-0.3, -0.25) is 0 Å². The average Bonchev–Trinajstić information content (AvgIpc) is 3.23. The molecule has 0 aromatic carbocycles. The van der Waals surface area contributed by atoms with Gasteiger partial charge < -0.3 is 29.9 Å². The summed E-state index contributed by atoms with van der Waals surface area (Å²) in [4.78, 5) is 0. The number of aliphatic hydroxyl groups excluding tert-OH is 4. The van der Waals surface area contributed by atoms with Gasteiger partial charge in [0.1, 0.15) is 6.10 Å². The highest BCUT2D eigenvalue weighted by Gasteiger charge is 2.71. The van der Waals surface area contributed by atoms with Gasteiger partial charge in [0.2, 0.25) is 0 Å². The molecule has 33 heavy (non-hydrogen) atoms. The quantitative estimate of drug-likeness (QED) is 0.415. The molecule has 6 heteroatoms. The van der Waals surface area contributed by atoms with Gasteiger partial charge in [-0.1, -0.05) is 44.6 Å². The third kappa shape index (κ3) is 2.71. The van der Waals surface area contributed by atoms with Crippen LogP contribution in [-0.2, 0) is 9.47 Å². The topological polar surface area (TPSA) is 99.4 Å². The normalized spacial score (nSPS) is 60.1. The van der Waals surface area contributed by atoms with E-state index in [9.17, 15) is 20.4 Å². The lowest BCUT2D eigenvalue weighted by Crippen LogP contribution is -2.63. The van der Waals surface area contributed by atoms with Crippen LogP contribution in [0.2, 0.25) is 0 Å². The van der Waals surface area contributed by atoms with Crippen LogP contribution in [0.3, 0.4) is 0 Å². The Labute approximate surface area is 196 Å². The van der Waals surface area contributed by atoms with E-state index in [1.807, 2.05) is 6.92 Å². The minimum atomic E-state index is -1.15. The summed E-state index contributed by atoms with van der Waals surface area (Å²) in [5.41, 5.74) is 1.27. The van der Waals surface area contributed by atoms with Gasteiger partial charge in [0.25, 0.3) is 0 Å². The first-order valence-electron chi connectivity index (χ1n) is 12.9. The number of rotatable bonds is 0. The van der Waals surface area contributed by atoms with E-state index in [0.29, 0.717) is 25.4 Å². The third-order valence-electron chi connectivity index (χ3n) is 11.4. The van der Waals surface area contributed by atoms with Crippen molar-refractivity contribution >= 4 is 0 Å². The van der Waals surface area contributed by atoms with Crippen molar-refractivity contribution in [3.05, 3.63) is 23.8 Å². The van der Waals surface area contributed by atoms with E-state index >= 15 is 0 Å². The van der Waals surface area contributed by atoms with Crippen LogP contribution in [0, 0.1) is 40.4 Å². The van der Waals surface area contributed by atoms with Crippen LogP contribution in [0.1, 0.15) is 59.3 Å². The summed E-state index contributed by atoms with van der Waals surface area (Å²) in [6, 6.07) is 0. The molecule has 13 atom stereocenters. The van der Waals surface area contributed by atoms with E-state index in [1.54, 1.807) is 0 Å². The Hall–Kier alpha value is -0.760. The van der Waals surface area contributed by atoms with Gasteiger partial charge in [-0.2, -0.15) is 0 Å². The smallest absolute Gasteiger partial charge is 0.172 e. The molecule has 2 aliphatic heterocycles. The van der Waals surface area contributed by atoms with Gasteiger partial charge in [0, 0.05) is 29.1 Å². The van der Waals surface area contributed by atoms with E-state index < -0.39 is 35.6 Å². The summed E-state index contributed by atoms with van der Waals surface area (Å²) in [6.45, 7) is 11.2. The fraction of sp³-hybridized carbons (Fsp3) is 0.852. The Morgan fingerprint density at radius 3 is 2.55 bits per heavy atom. The Balaban J connectivity index is 1.34. The van der Waals surface area contributed by atoms with E-state index in [0.717, 1.165) is 36.8 Å². The molecule has 0 amide bonds. The van der Waals surface area contributed by atoms with Crippen molar-refractivity contribution in [1.29, 1.82) is 0 Å². The first-order chi connectivity index (χ1) is 15.5. The summed E-state index contributed by atoms with van der Waals surface area (Å²) < 4.78 is 13.0. The maximum Gasteiger partial charge on any atom is 0.172 e. The van der Waals surface area contributed by atoms with Crippen LogP contribution in [0.15, 0.2) is 23.8 Å². The van der Waals surface area contributed by atoms with Gasteiger partial charge in [-0.25, -0.2) is 0 Å². The maximum atomic E-state index is 11.8. The Kier molecular flexibility index (Phi) is 4.91. The zero-order valence-electron chi connectivity index (χ0n) is 20.1. The fourth-order valence-electron chi connectivity index (χ4n) is 9.52. The molecule has 2 heterocycles. The molecule has 3 saturated carbocycles. The monoisotopic (exact) mass is 460 g/mol. The first-order valence-corrected chi connectivity index (χ1v) is 12.9. The molecular formula is C27H40O6. The highest BCUT2D eigenvalue weighted by molar-refractivity contribution is 5.30. The molecule has 3 unspecified atom stereocenters. The minimum Gasteiger partial charge on any atom is -0.393 e. The number of aliphatic hydroxyl groups is 4. The fourth-order valence-corrected chi connectivity index (χ4v) is 9.52. The van der Waals surface area contributed by atoms with Crippen LogP contribution in [-0.4, -0.2) is 63.3 Å². The summed E-state index contributed by atoms with van der Waals surface area (Å²) in [5.74, 6) is 0.525. The number of allylic oxidation sites excluding steroid dienone is 1. The second-order valence-electron chi connectivity index (χ2n) is 12.5. The molecule has 6 rings (SSSR count). The highest BCUT2D eigenvalue weighted by Crippen LogP contribution is 2.70. The first kappa shape index (κ1) is 22.7. The Morgan fingerprint density at radius 1 is 1.09 bits per heavy atom. The van der Waals surface area contributed by atoms with Crippen molar-refractivity contribution in [2.24, 2.45) is 40.4 Å². The molecular weight excluding hydrogens is 420 g/mol. The molecule has 2 saturated heterocycles. The van der Waals surface area contributed by atoms with E-state index in [4.69, 9.17) is 9.47 Å². The van der Waals surface area contributed by atoms with E-state index in [2.05, 4.69) is 26.5 Å². The maximum absolute atomic E-state index is 11.8. The predicted molar refractivity (Wildman–Crippen MR) is 122 cm³/mol. The number of ether oxygens (including phenoxy) is 2. The number of fused-ring (bicyclic) bond motifs is 7. The van der Waals surface area contributed by atoms with Crippen LogP contribution in [0.5, 0.6) is 0 Å². The molecule has 0 aromatic rings. The average molecular weight is 461 g/mol. The van der Waals surface area contributed by atoms with Crippen LogP contribution in [0.25, 0.3) is 0 Å². The van der Waals surface area contributed by atoms with Crippen molar-refractivity contribution in [3.8, 4) is 0 Å². The van der Waals surface area contributed by atoms with Crippen molar-refractivity contribution in [2.45, 2.75) is 95.6 Å².